The molecule has 0 saturated heterocycles. The van der Waals surface area contributed by atoms with Crippen LogP contribution in [0.3, 0.4) is 0 Å². The van der Waals surface area contributed by atoms with Crippen molar-refractivity contribution in [2.75, 3.05) is 14.2 Å². The van der Waals surface area contributed by atoms with Gasteiger partial charge in [-0.3, -0.25) is 0 Å². The number of aryl methyl sites for hydroxylation is 2. The van der Waals surface area contributed by atoms with E-state index in [-0.39, 0.29) is 0 Å². The third-order valence-corrected chi connectivity index (χ3v) is 4.29. The van der Waals surface area contributed by atoms with Gasteiger partial charge in [-0.05, 0) is 0 Å². The summed E-state index contributed by atoms with van der Waals surface area (Å²) in [7, 11) is 3.15. The van der Waals surface area contributed by atoms with E-state index in [0.29, 0.717) is 26.3 Å². The average Bonchev–Trinajstić information content (AvgIpc) is 2.52. The van der Waals surface area contributed by atoms with Crippen molar-refractivity contribution < 1.29 is 9.47 Å². The standard InChI is InChI=1S/C10H12N2O2Se/c1-5-7-8(6(2)15-5)12-10(14-4)9(11-7)13-3/h1-4H3. The minimum absolute atomic E-state index is 0.375. The van der Waals surface area contributed by atoms with Crippen molar-refractivity contribution in [3.05, 3.63) is 8.87 Å². The molecule has 0 radical (unpaired) electrons. The van der Waals surface area contributed by atoms with Gasteiger partial charge in [0.1, 0.15) is 0 Å². The van der Waals surface area contributed by atoms with E-state index in [1.54, 1.807) is 14.2 Å². The zero-order chi connectivity index (χ0) is 11.0. The summed E-state index contributed by atoms with van der Waals surface area (Å²) in [6.45, 7) is 4.19. The van der Waals surface area contributed by atoms with Gasteiger partial charge in [0.05, 0.1) is 0 Å². The first-order chi connectivity index (χ1) is 7.17. The summed E-state index contributed by atoms with van der Waals surface area (Å²) >= 11 is 0.375. The van der Waals surface area contributed by atoms with Gasteiger partial charge in [-0.1, -0.05) is 0 Å². The summed E-state index contributed by atoms with van der Waals surface area (Å²) in [6, 6.07) is 0. The van der Waals surface area contributed by atoms with Gasteiger partial charge >= 0.3 is 93.7 Å². The number of fused-ring (bicyclic) bond motifs is 1. The van der Waals surface area contributed by atoms with E-state index in [1.807, 2.05) is 0 Å². The SMILES string of the molecule is COc1nc2c(C)[se]c(C)c2nc1OC. The molecule has 0 aliphatic carbocycles. The number of methoxy groups -OCH3 is 2. The number of aromatic nitrogens is 2. The monoisotopic (exact) mass is 272 g/mol. The Kier molecular flexibility index (Phi) is 2.67. The maximum absolute atomic E-state index is 5.13. The Morgan fingerprint density at radius 3 is 1.60 bits per heavy atom. The Morgan fingerprint density at radius 2 is 1.27 bits per heavy atom. The molecule has 5 heteroatoms. The second-order valence-electron chi connectivity index (χ2n) is 3.15. The summed E-state index contributed by atoms with van der Waals surface area (Å²) in [4.78, 5) is 8.84. The van der Waals surface area contributed by atoms with Crippen LogP contribution in [0.15, 0.2) is 0 Å². The van der Waals surface area contributed by atoms with Crippen LogP contribution in [0.4, 0.5) is 0 Å². The van der Waals surface area contributed by atoms with Gasteiger partial charge in [0.15, 0.2) is 0 Å². The average molecular weight is 271 g/mol. The van der Waals surface area contributed by atoms with Gasteiger partial charge in [0.2, 0.25) is 0 Å². The molecule has 0 fully saturated rings. The number of ether oxygens (including phenoxy) is 2. The Hall–Kier alpha value is -1.06. The van der Waals surface area contributed by atoms with Crippen LogP contribution in [0.5, 0.6) is 11.8 Å². The predicted molar refractivity (Wildman–Crippen MR) is 59.1 cm³/mol. The van der Waals surface area contributed by atoms with Gasteiger partial charge in [0.25, 0.3) is 0 Å². The quantitative estimate of drug-likeness (QED) is 0.773. The maximum atomic E-state index is 5.13. The van der Waals surface area contributed by atoms with Gasteiger partial charge in [0, 0.05) is 0 Å². The summed E-state index contributed by atoms with van der Waals surface area (Å²) in [5, 5.41) is 0. The van der Waals surface area contributed by atoms with E-state index in [0.717, 1.165) is 11.0 Å². The molecule has 0 aliphatic heterocycles. The molecule has 0 bridgehead atoms. The van der Waals surface area contributed by atoms with E-state index in [2.05, 4.69) is 23.8 Å². The third-order valence-electron chi connectivity index (χ3n) is 2.19. The molecule has 0 N–H and O–H groups in total. The van der Waals surface area contributed by atoms with E-state index < -0.39 is 0 Å². The molecule has 0 aromatic carbocycles. The molecule has 0 atom stereocenters. The molecule has 0 saturated carbocycles. The van der Waals surface area contributed by atoms with Crippen LogP contribution < -0.4 is 9.47 Å². The molecule has 2 aromatic rings. The zero-order valence-corrected chi connectivity index (χ0v) is 10.8. The van der Waals surface area contributed by atoms with Crippen molar-refractivity contribution in [3.63, 3.8) is 0 Å². The van der Waals surface area contributed by atoms with Crippen LogP contribution in [0.25, 0.3) is 11.0 Å². The first-order valence-electron chi connectivity index (χ1n) is 4.53. The van der Waals surface area contributed by atoms with Crippen LogP contribution >= 0.6 is 0 Å². The van der Waals surface area contributed by atoms with Crippen molar-refractivity contribution in [2.24, 2.45) is 0 Å². The molecule has 2 rings (SSSR count). The van der Waals surface area contributed by atoms with Crippen molar-refractivity contribution in [1.29, 1.82) is 0 Å². The molecule has 80 valence electrons. The van der Waals surface area contributed by atoms with Crippen LogP contribution in [-0.4, -0.2) is 38.7 Å². The van der Waals surface area contributed by atoms with Crippen LogP contribution in [-0.2, 0) is 0 Å². The fourth-order valence-electron chi connectivity index (χ4n) is 1.49. The fourth-order valence-corrected chi connectivity index (χ4v) is 3.45. The van der Waals surface area contributed by atoms with E-state index in [1.165, 1.54) is 8.87 Å². The van der Waals surface area contributed by atoms with E-state index in [9.17, 15) is 0 Å². The second-order valence-corrected chi connectivity index (χ2v) is 6.15. The fraction of sp³-hybridized carbons (Fsp3) is 0.400. The van der Waals surface area contributed by atoms with Crippen molar-refractivity contribution in [3.8, 4) is 11.8 Å². The van der Waals surface area contributed by atoms with Gasteiger partial charge in [-0.25, -0.2) is 0 Å². The first-order valence-corrected chi connectivity index (χ1v) is 6.24. The number of hydrogen-bond acceptors (Lipinski definition) is 4. The Labute approximate surface area is 94.0 Å². The molecule has 2 aromatic heterocycles. The van der Waals surface area contributed by atoms with Crippen molar-refractivity contribution >= 4 is 25.5 Å². The molecule has 0 amide bonds. The Morgan fingerprint density at radius 1 is 0.867 bits per heavy atom. The normalized spacial score (nSPS) is 10.7. The number of rotatable bonds is 2. The number of hydrogen-bond donors (Lipinski definition) is 0. The molecule has 0 spiro atoms. The van der Waals surface area contributed by atoms with Gasteiger partial charge in [-0.2, -0.15) is 0 Å². The number of nitrogens with zero attached hydrogens (tertiary/aromatic N) is 2. The Balaban J connectivity index is 2.77. The molecule has 15 heavy (non-hydrogen) atoms. The Bertz CT molecular complexity index is 464. The summed E-state index contributed by atoms with van der Waals surface area (Å²) in [5.74, 6) is 0.919. The van der Waals surface area contributed by atoms with Crippen LogP contribution in [0.2, 0.25) is 0 Å². The van der Waals surface area contributed by atoms with Gasteiger partial charge < -0.3 is 0 Å². The summed E-state index contributed by atoms with van der Waals surface area (Å²) < 4.78 is 12.9. The minimum atomic E-state index is 0.375. The zero-order valence-electron chi connectivity index (χ0n) is 9.12. The predicted octanol–water partition coefficient (Wildman–Crippen LogP) is 1.32. The molecular weight excluding hydrogens is 259 g/mol. The van der Waals surface area contributed by atoms with Crippen LogP contribution in [0.1, 0.15) is 8.87 Å². The molecule has 4 nitrogen and oxygen atoms in total. The van der Waals surface area contributed by atoms with E-state index >= 15 is 0 Å². The van der Waals surface area contributed by atoms with Gasteiger partial charge in [-0.15, -0.1) is 0 Å². The third kappa shape index (κ3) is 1.62. The first kappa shape index (κ1) is 10.5. The molecule has 2 heterocycles. The van der Waals surface area contributed by atoms with Crippen molar-refractivity contribution in [2.45, 2.75) is 13.8 Å². The van der Waals surface area contributed by atoms with E-state index in [4.69, 9.17) is 9.47 Å². The van der Waals surface area contributed by atoms with Crippen LogP contribution in [0, 0.1) is 13.8 Å². The summed E-state index contributed by atoms with van der Waals surface area (Å²) in [6.07, 6.45) is 0. The topological polar surface area (TPSA) is 44.2 Å². The molecular formula is C10H12N2O2Se. The summed E-state index contributed by atoms with van der Waals surface area (Å²) in [5.41, 5.74) is 1.93. The molecule has 0 aliphatic rings. The second kappa shape index (κ2) is 3.83. The molecule has 0 unspecified atom stereocenters. The van der Waals surface area contributed by atoms with Crippen molar-refractivity contribution in [1.82, 2.24) is 9.97 Å².